The van der Waals surface area contributed by atoms with Gasteiger partial charge in [-0.15, -0.1) is 11.3 Å². The highest BCUT2D eigenvalue weighted by atomic mass is 32.1. The Bertz CT molecular complexity index is 3040. The fourth-order valence-corrected chi connectivity index (χ4v) is 9.78. The van der Waals surface area contributed by atoms with Crippen molar-refractivity contribution in [2.45, 2.75) is 26.2 Å². The third kappa shape index (κ3) is 5.84. The summed E-state index contributed by atoms with van der Waals surface area (Å²) in [5.74, 6) is 1.95. The van der Waals surface area contributed by atoms with Gasteiger partial charge in [-0.1, -0.05) is 184 Å². The van der Waals surface area contributed by atoms with Crippen LogP contribution in [0.25, 0.3) is 93.3 Å². The second-order valence-corrected chi connectivity index (χ2v) is 16.2. The van der Waals surface area contributed by atoms with Gasteiger partial charge in [0.2, 0.25) is 0 Å². The summed E-state index contributed by atoms with van der Waals surface area (Å²) >= 11 is 1.85. The van der Waals surface area contributed by atoms with Crippen LogP contribution in [0.1, 0.15) is 37.5 Å². The van der Waals surface area contributed by atoms with E-state index in [0.29, 0.717) is 17.5 Å². The lowest BCUT2D eigenvalue weighted by Crippen LogP contribution is -2.14. The molecule has 0 fully saturated rings. The van der Waals surface area contributed by atoms with E-state index in [1.807, 2.05) is 24.3 Å². The van der Waals surface area contributed by atoms with Crippen molar-refractivity contribution in [3.8, 4) is 67.5 Å². The molecule has 10 rings (SSSR count). The predicted octanol–water partition coefficient (Wildman–Crippen LogP) is 14.5. The average molecular weight is 750 g/mol. The number of aromatic nitrogens is 3. The summed E-state index contributed by atoms with van der Waals surface area (Å²) in [4.78, 5) is 15.6. The fraction of sp³-hybridized carbons (Fsp3) is 0.0755. The van der Waals surface area contributed by atoms with E-state index in [1.54, 1.807) is 0 Å². The molecule has 9 aromatic rings. The first-order valence-electron chi connectivity index (χ1n) is 19.4. The van der Waals surface area contributed by atoms with Crippen molar-refractivity contribution in [2.75, 3.05) is 0 Å². The van der Waals surface area contributed by atoms with Gasteiger partial charge in [-0.2, -0.15) is 0 Å². The largest absolute Gasteiger partial charge is 0.208 e. The quantitative estimate of drug-likeness (QED) is 0.152. The molecule has 4 heteroatoms. The molecular formula is C53H39N3S. The van der Waals surface area contributed by atoms with Crippen molar-refractivity contribution >= 4 is 37.1 Å². The van der Waals surface area contributed by atoms with Crippen LogP contribution < -0.4 is 0 Å². The van der Waals surface area contributed by atoms with E-state index in [1.165, 1.54) is 53.6 Å². The Morgan fingerprint density at radius 1 is 0.509 bits per heavy atom. The zero-order valence-electron chi connectivity index (χ0n) is 32.1. The first-order valence-corrected chi connectivity index (χ1v) is 20.2. The number of hydrogen-bond donors (Lipinski definition) is 0. The van der Waals surface area contributed by atoms with Gasteiger partial charge in [0.1, 0.15) is 0 Å². The normalized spacial score (nSPS) is 13.1. The van der Waals surface area contributed by atoms with E-state index in [-0.39, 0.29) is 5.41 Å². The lowest BCUT2D eigenvalue weighted by Gasteiger charge is -2.21. The summed E-state index contributed by atoms with van der Waals surface area (Å²) in [6.07, 6.45) is 3.98. The molecule has 0 bridgehead atoms. The maximum Gasteiger partial charge on any atom is 0.164 e. The van der Waals surface area contributed by atoms with Crippen molar-refractivity contribution in [1.29, 1.82) is 0 Å². The monoisotopic (exact) mass is 749 g/mol. The second kappa shape index (κ2) is 13.8. The molecule has 0 saturated heterocycles. The van der Waals surface area contributed by atoms with Crippen LogP contribution >= 0.6 is 11.3 Å². The van der Waals surface area contributed by atoms with Crippen LogP contribution in [0.5, 0.6) is 0 Å². The van der Waals surface area contributed by atoms with Crippen molar-refractivity contribution in [1.82, 2.24) is 15.0 Å². The van der Waals surface area contributed by atoms with Crippen LogP contribution in [0.3, 0.4) is 0 Å². The highest BCUT2D eigenvalue weighted by Gasteiger charge is 2.37. The van der Waals surface area contributed by atoms with Gasteiger partial charge in [-0.25, -0.2) is 15.0 Å². The highest BCUT2D eigenvalue weighted by molar-refractivity contribution is 7.26. The molecule has 0 aliphatic heterocycles. The molecular weight excluding hydrogens is 711 g/mol. The maximum absolute atomic E-state index is 5.25. The van der Waals surface area contributed by atoms with Crippen LogP contribution in [-0.2, 0) is 5.41 Å². The summed E-state index contributed by atoms with van der Waals surface area (Å²) in [5.41, 5.74) is 14.7. The molecule has 3 nitrogen and oxygen atoms in total. The van der Waals surface area contributed by atoms with E-state index < -0.39 is 0 Å². The average Bonchev–Trinajstić information content (AvgIpc) is 3.76. The number of rotatable bonds is 7. The molecule has 0 spiro atoms. The standard InChI is InChI=1S/C53H39N3S/c1-5-33(6-2)34-21-23-35(24-22-34)36-25-29-38(30-26-36)50-54-51(56-52(55-50)44-17-12-19-46-48(44)43-14-7-9-18-45(43)53(46,3)4)39-31-27-37(28-32-39)40-15-11-16-42-41-13-8-10-20-47(41)57-49(40)42/h5-32H,1H2,2-4H3/b33-6+. The Morgan fingerprint density at radius 2 is 1.04 bits per heavy atom. The minimum absolute atomic E-state index is 0.137. The third-order valence-corrected chi connectivity index (χ3v) is 12.8. The van der Waals surface area contributed by atoms with Crippen LogP contribution in [0.2, 0.25) is 0 Å². The number of fused-ring (bicyclic) bond motifs is 6. The van der Waals surface area contributed by atoms with Crippen LogP contribution in [0.4, 0.5) is 0 Å². The van der Waals surface area contributed by atoms with Gasteiger partial charge in [0, 0.05) is 42.3 Å². The molecule has 0 atom stereocenters. The summed E-state index contributed by atoms with van der Waals surface area (Å²) in [6, 6.07) is 56.4. The van der Waals surface area contributed by atoms with Crippen LogP contribution in [-0.4, -0.2) is 15.0 Å². The minimum atomic E-state index is -0.137. The Hall–Kier alpha value is -6.75. The predicted molar refractivity (Wildman–Crippen MR) is 241 cm³/mol. The maximum atomic E-state index is 5.25. The van der Waals surface area contributed by atoms with Gasteiger partial charge < -0.3 is 0 Å². The number of hydrogen-bond acceptors (Lipinski definition) is 4. The topological polar surface area (TPSA) is 38.7 Å². The Kier molecular flexibility index (Phi) is 8.39. The Morgan fingerprint density at radius 3 is 1.74 bits per heavy atom. The molecule has 7 aromatic carbocycles. The molecule has 0 saturated carbocycles. The lowest BCUT2D eigenvalue weighted by molar-refractivity contribution is 0.660. The number of allylic oxidation sites excluding steroid dienone is 3. The van der Waals surface area contributed by atoms with Gasteiger partial charge in [-0.05, 0) is 68.6 Å². The minimum Gasteiger partial charge on any atom is -0.208 e. The number of thiophene rings is 1. The molecule has 0 unspecified atom stereocenters. The molecule has 57 heavy (non-hydrogen) atoms. The van der Waals surface area contributed by atoms with Crippen molar-refractivity contribution in [3.63, 3.8) is 0 Å². The summed E-state index contributed by atoms with van der Waals surface area (Å²) < 4.78 is 2.61. The molecule has 0 amide bonds. The van der Waals surface area contributed by atoms with Crippen LogP contribution in [0.15, 0.2) is 176 Å². The first kappa shape index (κ1) is 34.7. The van der Waals surface area contributed by atoms with Gasteiger partial charge in [0.05, 0.1) is 0 Å². The smallest absolute Gasteiger partial charge is 0.164 e. The fourth-order valence-electron chi connectivity index (χ4n) is 8.54. The second-order valence-electron chi connectivity index (χ2n) is 15.2. The molecule has 1 aliphatic carbocycles. The first-order chi connectivity index (χ1) is 27.9. The van der Waals surface area contributed by atoms with E-state index in [9.17, 15) is 0 Å². The van der Waals surface area contributed by atoms with Crippen molar-refractivity contribution < 1.29 is 0 Å². The SMILES string of the molecule is C=C/C(=C\C)c1ccc(-c2ccc(-c3nc(-c4ccc(-c5cccc6c5sc5ccccc56)cc4)nc(-c4cccc5c4-c4ccccc4C5(C)C)n3)cc2)cc1. The zero-order valence-corrected chi connectivity index (χ0v) is 32.9. The lowest BCUT2D eigenvalue weighted by atomic mass is 9.82. The van der Waals surface area contributed by atoms with Crippen molar-refractivity contribution in [3.05, 3.63) is 193 Å². The molecule has 272 valence electrons. The summed E-state index contributed by atoms with van der Waals surface area (Å²) in [7, 11) is 0. The van der Waals surface area contributed by atoms with Gasteiger partial charge >= 0.3 is 0 Å². The third-order valence-electron chi connectivity index (χ3n) is 11.6. The van der Waals surface area contributed by atoms with Gasteiger partial charge in [-0.3, -0.25) is 0 Å². The van der Waals surface area contributed by atoms with Crippen LogP contribution in [0, 0.1) is 0 Å². The number of benzene rings is 7. The molecule has 2 aromatic heterocycles. The zero-order chi connectivity index (χ0) is 38.7. The van der Waals surface area contributed by atoms with E-state index in [0.717, 1.165) is 39.0 Å². The number of nitrogens with zero attached hydrogens (tertiary/aromatic N) is 3. The van der Waals surface area contributed by atoms with E-state index in [4.69, 9.17) is 15.0 Å². The van der Waals surface area contributed by atoms with Crippen molar-refractivity contribution in [2.24, 2.45) is 0 Å². The summed E-state index contributed by atoms with van der Waals surface area (Å²) in [6.45, 7) is 10.6. The van der Waals surface area contributed by atoms with E-state index in [2.05, 4.69) is 184 Å². The molecule has 0 radical (unpaired) electrons. The highest BCUT2D eigenvalue weighted by Crippen LogP contribution is 2.51. The van der Waals surface area contributed by atoms with E-state index >= 15 is 0 Å². The van der Waals surface area contributed by atoms with Gasteiger partial charge in [0.15, 0.2) is 17.5 Å². The molecule has 1 aliphatic rings. The van der Waals surface area contributed by atoms with Gasteiger partial charge in [0.25, 0.3) is 0 Å². The Labute approximate surface area is 337 Å². The Balaban J connectivity index is 1.08. The molecule has 2 heterocycles. The molecule has 0 N–H and O–H groups in total. The summed E-state index contributed by atoms with van der Waals surface area (Å²) in [5, 5.41) is 2.60.